The number of para-hydroxylation sites is 1. The van der Waals surface area contributed by atoms with Crippen molar-refractivity contribution in [1.29, 1.82) is 0 Å². The second-order valence-electron chi connectivity index (χ2n) is 6.92. The highest BCUT2D eigenvalue weighted by Gasteiger charge is 2.29. The number of nitrogens with one attached hydrogen (secondary N) is 1. The monoisotopic (exact) mass is 306 g/mol. The molecule has 1 aromatic rings. The van der Waals surface area contributed by atoms with Crippen molar-refractivity contribution in [3.63, 3.8) is 0 Å². The number of benzene rings is 1. The lowest BCUT2D eigenvalue weighted by molar-refractivity contribution is 0.272. The molecule has 0 saturated carbocycles. The van der Waals surface area contributed by atoms with Crippen LogP contribution in [0.1, 0.15) is 39.7 Å². The van der Waals surface area contributed by atoms with Gasteiger partial charge in [0.2, 0.25) is 0 Å². The fraction of sp³-hybridized carbons (Fsp3) is 0.667. The van der Waals surface area contributed by atoms with Crippen molar-refractivity contribution >= 4 is 17.4 Å². The van der Waals surface area contributed by atoms with E-state index in [1.807, 2.05) is 11.8 Å². The Balaban J connectivity index is 2.12. The highest BCUT2D eigenvalue weighted by Crippen LogP contribution is 2.29. The molecule has 0 aliphatic carbocycles. The van der Waals surface area contributed by atoms with E-state index in [4.69, 9.17) is 0 Å². The maximum atomic E-state index is 3.76. The van der Waals surface area contributed by atoms with Gasteiger partial charge in [0.25, 0.3) is 0 Å². The number of anilines is 1. The zero-order valence-corrected chi connectivity index (χ0v) is 14.8. The zero-order valence-electron chi connectivity index (χ0n) is 14.0. The topological polar surface area (TPSA) is 15.3 Å². The van der Waals surface area contributed by atoms with E-state index in [1.165, 1.54) is 29.2 Å². The first-order valence-corrected chi connectivity index (χ1v) is 9.32. The Kier molecular flexibility index (Phi) is 6.00. The van der Waals surface area contributed by atoms with E-state index in [-0.39, 0.29) is 0 Å². The fourth-order valence-electron chi connectivity index (χ4n) is 2.88. The van der Waals surface area contributed by atoms with Crippen molar-refractivity contribution in [3.8, 4) is 0 Å². The summed E-state index contributed by atoms with van der Waals surface area (Å²) in [4.78, 5) is 2.60. The van der Waals surface area contributed by atoms with Crippen molar-refractivity contribution in [2.45, 2.75) is 46.7 Å². The number of nitrogens with zero attached hydrogens (tertiary/aromatic N) is 1. The Bertz CT molecular complexity index is 439. The molecule has 1 atom stereocenters. The van der Waals surface area contributed by atoms with Crippen LogP contribution in [0.3, 0.4) is 0 Å². The third-order valence-corrected chi connectivity index (χ3v) is 5.23. The van der Waals surface area contributed by atoms with Crippen LogP contribution in [0.5, 0.6) is 0 Å². The van der Waals surface area contributed by atoms with Crippen LogP contribution in [-0.2, 0) is 6.54 Å². The molecule has 0 saturated heterocycles. The van der Waals surface area contributed by atoms with Gasteiger partial charge in [-0.05, 0) is 35.0 Å². The van der Waals surface area contributed by atoms with E-state index in [1.54, 1.807) is 0 Å². The summed E-state index contributed by atoms with van der Waals surface area (Å²) in [5.41, 5.74) is 3.16. The van der Waals surface area contributed by atoms with Crippen LogP contribution in [0.15, 0.2) is 24.3 Å². The molecule has 118 valence electrons. The SMILES string of the molecule is CCSCCCN1CC(C(C)(C)C)NCc2ccccc21. The highest BCUT2D eigenvalue weighted by molar-refractivity contribution is 7.99. The number of hydrogen-bond donors (Lipinski definition) is 1. The van der Waals surface area contributed by atoms with Gasteiger partial charge in [-0.2, -0.15) is 11.8 Å². The lowest BCUT2D eigenvalue weighted by Crippen LogP contribution is -2.46. The van der Waals surface area contributed by atoms with Crippen LogP contribution < -0.4 is 10.2 Å². The molecule has 1 aliphatic rings. The first-order chi connectivity index (χ1) is 10.0. The van der Waals surface area contributed by atoms with Crippen LogP contribution in [0, 0.1) is 5.41 Å². The van der Waals surface area contributed by atoms with Gasteiger partial charge in [-0.3, -0.25) is 0 Å². The Morgan fingerprint density at radius 1 is 1.29 bits per heavy atom. The van der Waals surface area contributed by atoms with Crippen LogP contribution >= 0.6 is 11.8 Å². The van der Waals surface area contributed by atoms with E-state index in [2.05, 4.69) is 62.2 Å². The third kappa shape index (κ3) is 4.65. The molecule has 1 heterocycles. The van der Waals surface area contributed by atoms with Gasteiger partial charge >= 0.3 is 0 Å². The number of fused-ring (bicyclic) bond motifs is 1. The average Bonchev–Trinajstić information content (AvgIpc) is 2.63. The van der Waals surface area contributed by atoms with Gasteiger partial charge in [0.15, 0.2) is 0 Å². The van der Waals surface area contributed by atoms with E-state index in [9.17, 15) is 0 Å². The predicted molar refractivity (Wildman–Crippen MR) is 96.4 cm³/mol. The normalized spacial score (nSPS) is 19.2. The maximum Gasteiger partial charge on any atom is 0.0412 e. The maximum absolute atomic E-state index is 3.76. The van der Waals surface area contributed by atoms with Gasteiger partial charge < -0.3 is 10.2 Å². The standard InChI is InChI=1S/C18H30N2S/c1-5-21-12-8-11-20-14-17(18(2,3)4)19-13-15-9-6-7-10-16(15)20/h6-7,9-10,17,19H,5,8,11-14H2,1-4H3. The van der Waals surface area contributed by atoms with Gasteiger partial charge in [0.05, 0.1) is 0 Å². The zero-order chi connectivity index (χ0) is 15.3. The van der Waals surface area contributed by atoms with E-state index in [0.717, 1.165) is 19.6 Å². The number of hydrogen-bond acceptors (Lipinski definition) is 3. The molecule has 2 nitrogen and oxygen atoms in total. The first-order valence-electron chi connectivity index (χ1n) is 8.16. The van der Waals surface area contributed by atoms with E-state index in [0.29, 0.717) is 11.5 Å². The molecule has 1 unspecified atom stereocenters. The van der Waals surface area contributed by atoms with Crippen molar-refractivity contribution in [1.82, 2.24) is 5.32 Å². The highest BCUT2D eigenvalue weighted by atomic mass is 32.2. The molecule has 1 N–H and O–H groups in total. The number of rotatable bonds is 5. The second-order valence-corrected chi connectivity index (χ2v) is 8.32. The molecule has 0 spiro atoms. The largest absolute Gasteiger partial charge is 0.370 e. The Morgan fingerprint density at radius 2 is 2.05 bits per heavy atom. The fourth-order valence-corrected chi connectivity index (χ4v) is 3.50. The van der Waals surface area contributed by atoms with Gasteiger partial charge in [0.1, 0.15) is 0 Å². The van der Waals surface area contributed by atoms with Crippen molar-refractivity contribution in [3.05, 3.63) is 29.8 Å². The lowest BCUT2D eigenvalue weighted by Gasteiger charge is -2.35. The molecular formula is C18H30N2S. The Morgan fingerprint density at radius 3 is 2.76 bits per heavy atom. The molecule has 0 fully saturated rings. The van der Waals surface area contributed by atoms with E-state index >= 15 is 0 Å². The molecule has 0 aromatic heterocycles. The van der Waals surface area contributed by atoms with Gasteiger partial charge in [-0.1, -0.05) is 45.9 Å². The molecule has 0 amide bonds. The third-order valence-electron chi connectivity index (χ3n) is 4.24. The summed E-state index contributed by atoms with van der Waals surface area (Å²) in [5.74, 6) is 2.49. The molecule has 2 rings (SSSR count). The molecule has 0 bridgehead atoms. The lowest BCUT2D eigenvalue weighted by atomic mass is 9.86. The first kappa shape index (κ1) is 16.7. The van der Waals surface area contributed by atoms with Crippen molar-refractivity contribution < 1.29 is 0 Å². The summed E-state index contributed by atoms with van der Waals surface area (Å²) in [6.45, 7) is 12.5. The smallest absolute Gasteiger partial charge is 0.0412 e. The van der Waals surface area contributed by atoms with Gasteiger partial charge in [0, 0.05) is 31.4 Å². The molecule has 1 aromatic carbocycles. The summed E-state index contributed by atoms with van der Waals surface area (Å²) in [5, 5.41) is 3.76. The van der Waals surface area contributed by atoms with Gasteiger partial charge in [-0.25, -0.2) is 0 Å². The second kappa shape index (κ2) is 7.55. The molecular weight excluding hydrogens is 276 g/mol. The summed E-state index contributed by atoms with van der Waals surface area (Å²) in [7, 11) is 0. The summed E-state index contributed by atoms with van der Waals surface area (Å²) < 4.78 is 0. The Hall–Kier alpha value is -0.670. The minimum atomic E-state index is 0.290. The van der Waals surface area contributed by atoms with E-state index < -0.39 is 0 Å². The average molecular weight is 307 g/mol. The van der Waals surface area contributed by atoms with Crippen LogP contribution in [0.25, 0.3) is 0 Å². The summed E-state index contributed by atoms with van der Waals surface area (Å²) in [6, 6.07) is 9.41. The predicted octanol–water partition coefficient (Wildman–Crippen LogP) is 4.15. The van der Waals surface area contributed by atoms with Gasteiger partial charge in [-0.15, -0.1) is 0 Å². The van der Waals surface area contributed by atoms with Crippen molar-refractivity contribution in [2.24, 2.45) is 5.41 Å². The van der Waals surface area contributed by atoms with Crippen LogP contribution in [0.2, 0.25) is 0 Å². The molecule has 21 heavy (non-hydrogen) atoms. The number of thioether (sulfide) groups is 1. The van der Waals surface area contributed by atoms with Crippen LogP contribution in [0.4, 0.5) is 5.69 Å². The molecule has 1 aliphatic heterocycles. The summed E-state index contributed by atoms with van der Waals surface area (Å²) in [6.07, 6.45) is 1.27. The van der Waals surface area contributed by atoms with Crippen LogP contribution in [-0.4, -0.2) is 30.6 Å². The quantitative estimate of drug-likeness (QED) is 0.823. The summed E-state index contributed by atoms with van der Waals surface area (Å²) >= 11 is 2.05. The Labute approximate surface area is 134 Å². The minimum Gasteiger partial charge on any atom is -0.370 e. The molecule has 3 heteroatoms. The molecule has 0 radical (unpaired) electrons. The minimum absolute atomic E-state index is 0.290. The van der Waals surface area contributed by atoms with Crippen molar-refractivity contribution in [2.75, 3.05) is 29.5 Å².